The maximum absolute atomic E-state index is 13.1. The molecule has 1 unspecified atom stereocenters. The Bertz CT molecular complexity index is 946. The van der Waals surface area contributed by atoms with Gasteiger partial charge in [0, 0.05) is 23.0 Å². The molecule has 1 fully saturated rings. The van der Waals surface area contributed by atoms with Crippen LogP contribution in [0.25, 0.3) is 0 Å². The highest BCUT2D eigenvalue weighted by molar-refractivity contribution is 7.89. The highest BCUT2D eigenvalue weighted by Crippen LogP contribution is 2.31. The maximum Gasteiger partial charge on any atom is 0.317 e. The first kappa shape index (κ1) is 20.3. The molecule has 1 atom stereocenters. The zero-order chi connectivity index (χ0) is 19.8. The Morgan fingerprint density at radius 3 is 2.41 bits per heavy atom. The van der Waals surface area contributed by atoms with Crippen LogP contribution in [-0.2, 0) is 10.0 Å². The summed E-state index contributed by atoms with van der Waals surface area (Å²) in [6, 6.07) is 5.11. The first-order chi connectivity index (χ1) is 12.7. The van der Waals surface area contributed by atoms with E-state index in [-0.39, 0.29) is 28.6 Å². The average molecular weight is 430 g/mol. The number of hydrogen-bond acceptors (Lipinski definition) is 5. The summed E-state index contributed by atoms with van der Waals surface area (Å²) in [6.07, 6.45) is 1.09. The molecule has 1 aromatic heterocycles. The highest BCUT2D eigenvalue weighted by atomic mass is 35.5. The molecule has 1 aliphatic heterocycles. The van der Waals surface area contributed by atoms with Crippen LogP contribution in [0.5, 0.6) is 6.01 Å². The van der Waals surface area contributed by atoms with Crippen LogP contribution >= 0.6 is 23.2 Å². The molecule has 0 amide bonds. The lowest BCUT2D eigenvalue weighted by Crippen LogP contribution is -2.44. The van der Waals surface area contributed by atoms with E-state index in [1.165, 1.54) is 16.4 Å². The lowest BCUT2D eigenvalue weighted by atomic mass is 10.1. The van der Waals surface area contributed by atoms with Crippen molar-refractivity contribution in [2.75, 3.05) is 13.1 Å². The van der Waals surface area contributed by atoms with Gasteiger partial charge in [0.15, 0.2) is 0 Å². The quantitative estimate of drug-likeness (QED) is 0.735. The molecular formula is C18H21Cl2N3O3S. The molecular weight excluding hydrogens is 409 g/mol. The summed E-state index contributed by atoms with van der Waals surface area (Å²) in [5.41, 5.74) is 2.27. The summed E-state index contributed by atoms with van der Waals surface area (Å²) in [6.45, 7) is 6.11. The molecule has 0 bridgehead atoms. The Morgan fingerprint density at radius 2 is 1.74 bits per heavy atom. The summed E-state index contributed by atoms with van der Waals surface area (Å²) in [7, 11) is -3.75. The Kier molecular flexibility index (Phi) is 5.96. The van der Waals surface area contributed by atoms with E-state index in [0.29, 0.717) is 23.6 Å². The number of hydrogen-bond donors (Lipinski definition) is 0. The van der Waals surface area contributed by atoms with Gasteiger partial charge in [-0.1, -0.05) is 23.2 Å². The van der Waals surface area contributed by atoms with Crippen LogP contribution in [0.1, 0.15) is 29.8 Å². The van der Waals surface area contributed by atoms with E-state index in [0.717, 1.165) is 17.8 Å². The number of piperidine rings is 1. The number of aryl methyl sites for hydroxylation is 3. The van der Waals surface area contributed by atoms with E-state index >= 15 is 0 Å². The van der Waals surface area contributed by atoms with Gasteiger partial charge in [-0.25, -0.2) is 18.4 Å². The van der Waals surface area contributed by atoms with E-state index in [4.69, 9.17) is 27.9 Å². The fraction of sp³-hybridized carbons (Fsp3) is 0.444. The zero-order valence-electron chi connectivity index (χ0n) is 15.4. The third kappa shape index (κ3) is 4.54. The van der Waals surface area contributed by atoms with Crippen molar-refractivity contribution < 1.29 is 13.2 Å². The predicted molar refractivity (Wildman–Crippen MR) is 105 cm³/mol. The van der Waals surface area contributed by atoms with Gasteiger partial charge in [-0.2, -0.15) is 4.31 Å². The second-order valence-electron chi connectivity index (χ2n) is 6.71. The van der Waals surface area contributed by atoms with Crippen molar-refractivity contribution in [1.29, 1.82) is 0 Å². The number of benzene rings is 1. The van der Waals surface area contributed by atoms with Crippen molar-refractivity contribution >= 4 is 33.2 Å². The molecule has 1 saturated heterocycles. The fourth-order valence-electron chi connectivity index (χ4n) is 3.08. The summed E-state index contributed by atoms with van der Waals surface area (Å²) in [4.78, 5) is 8.61. The third-order valence-electron chi connectivity index (χ3n) is 4.41. The second-order valence-corrected chi connectivity index (χ2v) is 9.43. The minimum Gasteiger partial charge on any atom is -0.459 e. The van der Waals surface area contributed by atoms with Gasteiger partial charge in [-0.3, -0.25) is 0 Å². The van der Waals surface area contributed by atoms with Crippen molar-refractivity contribution in [2.45, 2.75) is 44.6 Å². The van der Waals surface area contributed by atoms with E-state index in [1.54, 1.807) is 6.92 Å². The van der Waals surface area contributed by atoms with Crippen LogP contribution in [0.2, 0.25) is 10.0 Å². The van der Waals surface area contributed by atoms with Gasteiger partial charge in [0.25, 0.3) is 0 Å². The molecule has 3 rings (SSSR count). The van der Waals surface area contributed by atoms with Gasteiger partial charge < -0.3 is 4.74 Å². The highest BCUT2D eigenvalue weighted by Gasteiger charge is 2.33. The van der Waals surface area contributed by atoms with Crippen LogP contribution < -0.4 is 4.74 Å². The van der Waals surface area contributed by atoms with Crippen molar-refractivity contribution in [1.82, 2.24) is 14.3 Å². The standard InChI is InChI=1S/C18H21Cl2N3O3S/c1-11-7-17(16(20)9-15(11)19)27(24,25)23-6-4-5-14(10-23)26-18-21-12(2)8-13(3)22-18/h7-9,14H,4-6,10H2,1-3H3. The number of aromatic nitrogens is 2. The number of sulfonamides is 1. The second kappa shape index (κ2) is 7.91. The van der Waals surface area contributed by atoms with Crippen LogP contribution in [-0.4, -0.2) is 41.9 Å². The first-order valence-electron chi connectivity index (χ1n) is 8.61. The van der Waals surface area contributed by atoms with Gasteiger partial charge in [0.2, 0.25) is 10.0 Å². The van der Waals surface area contributed by atoms with Crippen molar-refractivity contribution in [3.8, 4) is 6.01 Å². The third-order valence-corrected chi connectivity index (χ3v) is 7.14. The SMILES string of the molecule is Cc1cc(C)nc(OC2CCCN(S(=O)(=O)c3cc(C)c(Cl)cc3Cl)C2)n1. The van der Waals surface area contributed by atoms with Crippen LogP contribution in [0, 0.1) is 20.8 Å². The largest absolute Gasteiger partial charge is 0.459 e. The molecule has 0 spiro atoms. The normalized spacial score (nSPS) is 18.5. The molecule has 1 aliphatic rings. The van der Waals surface area contributed by atoms with Crippen LogP contribution in [0.3, 0.4) is 0 Å². The maximum atomic E-state index is 13.1. The lowest BCUT2D eigenvalue weighted by Gasteiger charge is -2.31. The van der Waals surface area contributed by atoms with E-state index in [2.05, 4.69) is 9.97 Å². The Hall–Kier alpha value is -1.41. The smallest absolute Gasteiger partial charge is 0.317 e. The summed E-state index contributed by atoms with van der Waals surface area (Å²) in [5, 5.41) is 0.553. The van der Waals surface area contributed by atoms with Crippen molar-refractivity contribution in [3.05, 3.63) is 45.2 Å². The van der Waals surface area contributed by atoms with Gasteiger partial charge in [0.1, 0.15) is 11.0 Å². The molecule has 27 heavy (non-hydrogen) atoms. The Morgan fingerprint density at radius 1 is 1.07 bits per heavy atom. The number of nitrogens with zero attached hydrogens (tertiary/aromatic N) is 3. The summed E-state index contributed by atoms with van der Waals surface area (Å²) in [5.74, 6) is 0. The van der Waals surface area contributed by atoms with Gasteiger partial charge in [-0.15, -0.1) is 0 Å². The molecule has 2 heterocycles. The number of rotatable bonds is 4. The molecule has 1 aromatic carbocycles. The van der Waals surface area contributed by atoms with Crippen LogP contribution in [0.15, 0.2) is 23.1 Å². The predicted octanol–water partition coefficient (Wildman–Crippen LogP) is 3.94. The molecule has 0 radical (unpaired) electrons. The Balaban J connectivity index is 1.82. The molecule has 146 valence electrons. The molecule has 0 aliphatic carbocycles. The molecule has 0 N–H and O–H groups in total. The van der Waals surface area contributed by atoms with E-state index in [9.17, 15) is 8.42 Å². The first-order valence-corrected chi connectivity index (χ1v) is 10.8. The molecule has 0 saturated carbocycles. The van der Waals surface area contributed by atoms with Gasteiger partial charge in [0.05, 0.1) is 11.6 Å². The number of ether oxygens (including phenoxy) is 1. The van der Waals surface area contributed by atoms with Gasteiger partial charge in [-0.05, 0) is 57.4 Å². The summed E-state index contributed by atoms with van der Waals surface area (Å²) >= 11 is 12.2. The average Bonchev–Trinajstić information content (AvgIpc) is 2.57. The molecule has 2 aromatic rings. The van der Waals surface area contributed by atoms with Gasteiger partial charge >= 0.3 is 6.01 Å². The minimum absolute atomic E-state index is 0.0642. The minimum atomic E-state index is -3.75. The number of halogens is 2. The lowest BCUT2D eigenvalue weighted by molar-refractivity contribution is 0.119. The molecule has 9 heteroatoms. The molecule has 6 nitrogen and oxygen atoms in total. The Labute approximate surface area is 169 Å². The van der Waals surface area contributed by atoms with Crippen LogP contribution in [0.4, 0.5) is 0 Å². The zero-order valence-corrected chi connectivity index (χ0v) is 17.7. The summed E-state index contributed by atoms with van der Waals surface area (Å²) < 4.78 is 33.4. The van der Waals surface area contributed by atoms with Crippen molar-refractivity contribution in [2.24, 2.45) is 0 Å². The van der Waals surface area contributed by atoms with Crippen molar-refractivity contribution in [3.63, 3.8) is 0 Å². The van der Waals surface area contributed by atoms with E-state index < -0.39 is 10.0 Å². The monoisotopic (exact) mass is 429 g/mol. The van der Waals surface area contributed by atoms with E-state index in [1.807, 2.05) is 19.9 Å². The fourth-order valence-corrected chi connectivity index (χ4v) is 5.40. The topological polar surface area (TPSA) is 72.4 Å².